The topological polar surface area (TPSA) is 345 Å². The van der Waals surface area contributed by atoms with Crippen molar-refractivity contribution in [1.82, 2.24) is 81.9 Å². The monoisotopic (exact) mass is 990 g/mol. The summed E-state index contributed by atoms with van der Waals surface area (Å²) in [5.41, 5.74) is 18.3. The summed E-state index contributed by atoms with van der Waals surface area (Å²) in [5, 5.41) is 0. The predicted octanol–water partition coefficient (Wildman–Crippen LogP) is 0.0102. The van der Waals surface area contributed by atoms with Crippen molar-refractivity contribution in [3.05, 3.63) is 46.0 Å². The van der Waals surface area contributed by atoms with Crippen LogP contribution in [0, 0.1) is 0 Å². The van der Waals surface area contributed by atoms with E-state index in [0.717, 1.165) is 0 Å². The van der Waals surface area contributed by atoms with Crippen molar-refractivity contribution in [3.63, 3.8) is 0 Å². The number of hydrogen-bond acceptors (Lipinski definition) is 20. The van der Waals surface area contributed by atoms with Gasteiger partial charge in [-0.25, -0.2) is 43.6 Å². The van der Waals surface area contributed by atoms with E-state index in [1.165, 1.54) is 34.7 Å². The normalized spacial score (nSPS) is 25.7. The van der Waals surface area contributed by atoms with Crippen molar-refractivity contribution in [2.45, 2.75) is 50.3 Å². The van der Waals surface area contributed by atoms with Gasteiger partial charge in [-0.3, -0.25) is 47.1 Å². The highest BCUT2D eigenvalue weighted by atomic mass is 31.2. The Morgan fingerprint density at radius 1 is 0.657 bits per heavy atom. The minimum atomic E-state index is -3.93. The Labute approximate surface area is 383 Å². The van der Waals surface area contributed by atoms with E-state index in [2.05, 4.69) is 54.2 Å². The highest BCUT2D eigenvalue weighted by Gasteiger charge is 2.46. The molecule has 0 radical (unpaired) electrons. The van der Waals surface area contributed by atoms with E-state index < -0.39 is 63.5 Å². The van der Waals surface area contributed by atoms with Crippen molar-refractivity contribution in [2.75, 3.05) is 97.9 Å². The lowest BCUT2D eigenvalue weighted by molar-refractivity contribution is -0.125. The van der Waals surface area contributed by atoms with Crippen LogP contribution in [0.1, 0.15) is 32.0 Å². The van der Waals surface area contributed by atoms with Crippen molar-refractivity contribution in [2.24, 2.45) is 0 Å². The standard InChI is InChI=1S/C35H53N20O9P3/c1-6-19-8-51(12-24(62-19)55-18-43-27-31(55)45-35(38)47-33(27)57)66(58,48(2)3)61-14-21-9-52(11-23(64-21)53-16-41-25-28(36)39-15-40-29(25)53)67(59,49(4)5)60-13-20-7-50(65)10-22(63-20)54-17-42-26-30(54)44-34(37)46-32(26)56/h15-24H,6-14,65H2,1-5H3,(H2,36,39,40)(H3,37,44,46,56)(H3,38,45,47,57)/t19-,20+,21+,22-,23-,24-,66?,67?/m1/s1. The van der Waals surface area contributed by atoms with Crippen molar-refractivity contribution >= 4 is 75.9 Å². The molecule has 9 heterocycles. The number of H-pyrrole nitrogens is 2. The summed E-state index contributed by atoms with van der Waals surface area (Å²) in [6, 6.07) is 0. The molecule has 3 aliphatic rings. The molecule has 362 valence electrons. The zero-order chi connectivity index (χ0) is 47.5. The average molecular weight is 991 g/mol. The molecule has 29 nitrogen and oxygen atoms in total. The van der Waals surface area contributed by atoms with Crippen LogP contribution in [0.25, 0.3) is 33.5 Å². The van der Waals surface area contributed by atoms with Gasteiger partial charge in [-0.05, 0) is 34.6 Å². The van der Waals surface area contributed by atoms with Crippen LogP contribution in [-0.2, 0) is 32.4 Å². The third-order valence-corrected chi connectivity index (χ3v) is 17.2. The molecule has 8 N–H and O–H groups in total. The minimum Gasteiger partial charge on any atom is -0.382 e. The number of aromatic amines is 2. The number of imidazole rings is 3. The number of nitrogen functional groups attached to an aromatic ring is 3. The maximum Gasteiger partial charge on any atom is 0.345 e. The van der Waals surface area contributed by atoms with Gasteiger partial charge in [-0.1, -0.05) is 16.3 Å². The third-order valence-electron chi connectivity index (χ3n) is 11.7. The number of hydrogen-bond donors (Lipinski definition) is 5. The molecular formula is C35H53N20O9P3. The van der Waals surface area contributed by atoms with Crippen molar-refractivity contribution in [3.8, 4) is 0 Å². The van der Waals surface area contributed by atoms with Crippen LogP contribution in [0.15, 0.2) is 34.9 Å². The van der Waals surface area contributed by atoms with Gasteiger partial charge in [0.15, 0.2) is 33.8 Å². The van der Waals surface area contributed by atoms with Crippen LogP contribution in [-0.4, -0.2) is 181 Å². The molecule has 6 aromatic rings. The Bertz CT molecular complexity index is 3000. The Hall–Kier alpha value is -4.86. The number of ether oxygens (including phenoxy) is 3. The number of anilines is 3. The van der Waals surface area contributed by atoms with Gasteiger partial charge in [-0.2, -0.15) is 9.97 Å². The molecule has 9 atom stereocenters. The van der Waals surface area contributed by atoms with Gasteiger partial charge in [0.05, 0.1) is 63.6 Å². The first-order valence-electron chi connectivity index (χ1n) is 21.1. The predicted molar refractivity (Wildman–Crippen MR) is 246 cm³/mol. The number of nitrogens with zero attached hydrogens (tertiary/aromatic N) is 15. The zero-order valence-electron chi connectivity index (χ0n) is 37.2. The fourth-order valence-corrected chi connectivity index (χ4v) is 12.8. The van der Waals surface area contributed by atoms with Gasteiger partial charge >= 0.3 is 15.3 Å². The van der Waals surface area contributed by atoms with Gasteiger partial charge in [0.1, 0.15) is 30.5 Å². The molecule has 67 heavy (non-hydrogen) atoms. The first kappa shape index (κ1) is 47.2. The summed E-state index contributed by atoms with van der Waals surface area (Å²) in [6.45, 7) is 2.74. The number of aromatic nitrogens is 12. The maximum absolute atomic E-state index is 15.4. The zero-order valence-corrected chi connectivity index (χ0v) is 40.2. The molecule has 0 saturated carbocycles. The third kappa shape index (κ3) is 9.00. The molecule has 0 amide bonds. The van der Waals surface area contributed by atoms with Crippen LogP contribution >= 0.6 is 24.7 Å². The maximum atomic E-state index is 15.4. The fraction of sp³-hybridized carbons (Fsp3) is 0.571. The van der Waals surface area contributed by atoms with E-state index in [1.54, 1.807) is 51.2 Å². The summed E-state index contributed by atoms with van der Waals surface area (Å²) in [4.78, 5) is 60.1. The number of rotatable bonds is 14. The van der Waals surface area contributed by atoms with Gasteiger partial charge in [-0.15, -0.1) is 0 Å². The number of fused-ring (bicyclic) bond motifs is 3. The molecule has 3 aliphatic heterocycles. The molecule has 32 heteroatoms. The summed E-state index contributed by atoms with van der Waals surface area (Å²) < 4.78 is 76.5. The Kier molecular flexibility index (Phi) is 13.1. The van der Waals surface area contributed by atoms with Gasteiger partial charge in [0.2, 0.25) is 11.9 Å². The highest BCUT2D eigenvalue weighted by molar-refractivity contribution is 7.54. The molecule has 0 aliphatic carbocycles. The van der Waals surface area contributed by atoms with Crippen molar-refractivity contribution < 1.29 is 32.4 Å². The van der Waals surface area contributed by atoms with Crippen LogP contribution in [0.4, 0.5) is 17.7 Å². The molecule has 3 fully saturated rings. The molecule has 3 unspecified atom stereocenters. The average Bonchev–Trinajstić information content (AvgIpc) is 4.05. The molecular weight excluding hydrogens is 937 g/mol. The lowest BCUT2D eigenvalue weighted by Crippen LogP contribution is -2.49. The summed E-state index contributed by atoms with van der Waals surface area (Å²) in [7, 11) is 1.46. The lowest BCUT2D eigenvalue weighted by Gasteiger charge is -2.45. The van der Waals surface area contributed by atoms with E-state index in [-0.39, 0.29) is 79.4 Å². The Balaban J connectivity index is 0.978. The number of nitrogens with two attached hydrogens (primary N) is 3. The summed E-state index contributed by atoms with van der Waals surface area (Å²) >= 11 is 0. The van der Waals surface area contributed by atoms with Gasteiger partial charge < -0.3 is 40.5 Å². The van der Waals surface area contributed by atoms with Gasteiger partial charge in [0, 0.05) is 26.2 Å². The second kappa shape index (κ2) is 18.6. The van der Waals surface area contributed by atoms with Crippen LogP contribution in [0.3, 0.4) is 0 Å². The summed E-state index contributed by atoms with van der Waals surface area (Å²) in [6.07, 6.45) is 2.14. The van der Waals surface area contributed by atoms with Crippen LogP contribution in [0.5, 0.6) is 0 Å². The minimum absolute atomic E-state index is 0.0156. The number of nitrogens with one attached hydrogen (secondary N) is 2. The number of morpholine rings is 3. The summed E-state index contributed by atoms with van der Waals surface area (Å²) in [5.74, 6) is 0.0123. The molecule has 0 aromatic carbocycles. The lowest BCUT2D eigenvalue weighted by atomic mass is 10.2. The Morgan fingerprint density at radius 3 is 1.61 bits per heavy atom. The molecule has 3 saturated heterocycles. The SMILES string of the molecule is CC[C@@H]1CN(P(=O)(OC[C@@H]2CN(P(=O)(OC[C@@H]3CN(P)C[C@H](n4cnc5c(=O)[nH]c(N)nc54)O3)N(C)C)C[C@H](n3cnc4c(N)ncnc43)O2)N(C)C)C[C@H](n2cnc3c(=O)[nH]c(N)nc32)O1. The molecule has 0 bridgehead atoms. The molecule has 0 spiro atoms. The van der Waals surface area contributed by atoms with E-state index >= 15 is 9.13 Å². The smallest absolute Gasteiger partial charge is 0.345 e. The molecule has 6 aromatic heterocycles. The van der Waals surface area contributed by atoms with Crippen LogP contribution < -0.4 is 28.3 Å². The largest absolute Gasteiger partial charge is 0.382 e. The van der Waals surface area contributed by atoms with Crippen molar-refractivity contribution in [1.29, 1.82) is 0 Å². The van der Waals surface area contributed by atoms with E-state index in [0.29, 0.717) is 30.7 Å². The highest BCUT2D eigenvalue weighted by Crippen LogP contribution is 2.57. The fourth-order valence-electron chi connectivity index (χ4n) is 8.37. The first-order valence-corrected chi connectivity index (χ1v) is 24.7. The van der Waals surface area contributed by atoms with E-state index in [4.69, 9.17) is 40.5 Å². The second-order valence-electron chi connectivity index (χ2n) is 16.6. The van der Waals surface area contributed by atoms with E-state index in [1.807, 2.05) is 11.6 Å². The molecule has 9 rings (SSSR count). The quantitative estimate of drug-likeness (QED) is 0.0897. The second-order valence-corrected chi connectivity index (χ2v) is 22.6. The first-order chi connectivity index (χ1) is 31.9. The van der Waals surface area contributed by atoms with Crippen LogP contribution in [0.2, 0.25) is 0 Å². The van der Waals surface area contributed by atoms with Gasteiger partial charge in [0.25, 0.3) is 11.1 Å². The van der Waals surface area contributed by atoms with E-state index in [9.17, 15) is 9.59 Å². The Morgan fingerprint density at radius 2 is 1.10 bits per heavy atom.